The van der Waals surface area contributed by atoms with E-state index in [9.17, 15) is 0 Å². The van der Waals surface area contributed by atoms with Gasteiger partial charge in [0.15, 0.2) is 5.82 Å². The molecule has 2 aliphatic heterocycles. The van der Waals surface area contributed by atoms with Gasteiger partial charge in [-0.3, -0.25) is 0 Å². The lowest BCUT2D eigenvalue weighted by molar-refractivity contribution is 0.396. The van der Waals surface area contributed by atoms with E-state index in [4.69, 9.17) is 31.4 Å². The standard InChI is InChI=1S/C26H28ClN7O/c1-17-15-33(16-28-17)23-10-9-22(29-26(23)35-2)24-30-25-19(6-5-13-34(25)31-24)20-14-18(7-8-21(20)27)32-11-3-4-12-32/h7-10,14-16,19H,3-6,11-13H2,1-2H3/t19-/m1/s1. The number of methoxy groups -OCH3 is 1. The smallest absolute Gasteiger partial charge is 0.238 e. The van der Waals surface area contributed by atoms with E-state index in [0.717, 1.165) is 60.3 Å². The topological polar surface area (TPSA) is 73.9 Å². The highest BCUT2D eigenvalue weighted by Gasteiger charge is 2.29. The molecule has 0 aliphatic carbocycles. The summed E-state index contributed by atoms with van der Waals surface area (Å²) in [6, 6.07) is 10.3. The normalized spacial score (nSPS) is 17.6. The Kier molecular flexibility index (Phi) is 5.68. The summed E-state index contributed by atoms with van der Waals surface area (Å²) >= 11 is 6.73. The van der Waals surface area contributed by atoms with Crippen molar-refractivity contribution < 1.29 is 4.74 Å². The number of anilines is 1. The summed E-state index contributed by atoms with van der Waals surface area (Å²) in [7, 11) is 1.62. The van der Waals surface area contributed by atoms with Crippen LogP contribution in [0.1, 0.15) is 48.7 Å². The Morgan fingerprint density at radius 1 is 1.03 bits per heavy atom. The molecule has 4 aromatic rings. The van der Waals surface area contributed by atoms with Crippen LogP contribution in [-0.4, -0.2) is 49.5 Å². The van der Waals surface area contributed by atoms with E-state index in [2.05, 4.69) is 22.0 Å². The molecule has 3 aromatic heterocycles. The average molecular weight is 490 g/mol. The monoisotopic (exact) mass is 489 g/mol. The largest absolute Gasteiger partial charge is 0.479 e. The molecule has 9 heteroatoms. The SMILES string of the molecule is COc1nc(-c2nc3n(n2)CCC[C@@H]3c2cc(N3CCCC3)ccc2Cl)ccc1-n1cnc(C)c1. The van der Waals surface area contributed by atoms with E-state index in [-0.39, 0.29) is 5.92 Å². The number of aromatic nitrogens is 6. The van der Waals surface area contributed by atoms with Crippen LogP contribution >= 0.6 is 11.6 Å². The van der Waals surface area contributed by atoms with Crippen molar-refractivity contribution in [2.75, 3.05) is 25.1 Å². The maximum absolute atomic E-state index is 6.73. The van der Waals surface area contributed by atoms with Gasteiger partial charge in [0, 0.05) is 42.5 Å². The fraction of sp³-hybridized carbons (Fsp3) is 0.385. The molecule has 0 radical (unpaired) electrons. The van der Waals surface area contributed by atoms with Crippen molar-refractivity contribution in [2.24, 2.45) is 0 Å². The van der Waals surface area contributed by atoms with Crippen molar-refractivity contribution in [3.05, 3.63) is 65.0 Å². The third-order valence-electron chi connectivity index (χ3n) is 6.95. The molecule has 180 valence electrons. The van der Waals surface area contributed by atoms with E-state index in [0.29, 0.717) is 17.4 Å². The molecule has 0 amide bonds. The number of hydrogen-bond acceptors (Lipinski definition) is 6. The molecule has 0 bridgehead atoms. The highest BCUT2D eigenvalue weighted by Crippen LogP contribution is 2.39. The first-order chi connectivity index (χ1) is 17.1. The number of aryl methyl sites for hydroxylation is 2. The maximum atomic E-state index is 6.73. The predicted molar refractivity (Wildman–Crippen MR) is 136 cm³/mol. The van der Waals surface area contributed by atoms with Crippen molar-refractivity contribution in [3.63, 3.8) is 0 Å². The van der Waals surface area contributed by atoms with E-state index in [1.54, 1.807) is 13.4 Å². The first-order valence-electron chi connectivity index (χ1n) is 12.2. The average Bonchev–Trinajstić information content (AvgIpc) is 3.64. The minimum atomic E-state index is 0.107. The number of rotatable bonds is 5. The number of halogens is 1. The number of benzene rings is 1. The number of hydrogen-bond donors (Lipinski definition) is 0. The third kappa shape index (κ3) is 4.05. The van der Waals surface area contributed by atoms with Gasteiger partial charge in [-0.05, 0) is 68.5 Å². The summed E-state index contributed by atoms with van der Waals surface area (Å²) in [5, 5.41) is 5.61. The van der Waals surface area contributed by atoms with Crippen LogP contribution in [0.5, 0.6) is 5.88 Å². The fourth-order valence-corrected chi connectivity index (χ4v) is 5.43. The summed E-state index contributed by atoms with van der Waals surface area (Å²) < 4.78 is 9.52. The van der Waals surface area contributed by atoms with Crippen molar-refractivity contribution in [1.29, 1.82) is 0 Å². The lowest BCUT2D eigenvalue weighted by atomic mass is 9.90. The molecule has 0 unspecified atom stereocenters. The summed E-state index contributed by atoms with van der Waals surface area (Å²) in [5.74, 6) is 2.16. The van der Waals surface area contributed by atoms with Gasteiger partial charge in [0.2, 0.25) is 5.88 Å². The van der Waals surface area contributed by atoms with Gasteiger partial charge in [-0.25, -0.2) is 19.6 Å². The molecule has 1 atom stereocenters. The van der Waals surface area contributed by atoms with Gasteiger partial charge in [-0.1, -0.05) is 11.6 Å². The van der Waals surface area contributed by atoms with Crippen LogP contribution < -0.4 is 9.64 Å². The Labute approximate surface area is 209 Å². The zero-order valence-corrected chi connectivity index (χ0v) is 20.7. The molecular formula is C26H28ClN7O. The van der Waals surface area contributed by atoms with Gasteiger partial charge in [0.1, 0.15) is 17.2 Å². The lowest BCUT2D eigenvalue weighted by Crippen LogP contribution is -2.20. The van der Waals surface area contributed by atoms with Gasteiger partial charge in [-0.2, -0.15) is 0 Å². The molecule has 0 spiro atoms. The van der Waals surface area contributed by atoms with Crippen LogP contribution in [0.25, 0.3) is 17.2 Å². The number of ether oxygens (including phenoxy) is 1. The maximum Gasteiger partial charge on any atom is 0.238 e. The van der Waals surface area contributed by atoms with Gasteiger partial charge in [0.05, 0.1) is 19.1 Å². The Hall–Kier alpha value is -3.39. The molecule has 35 heavy (non-hydrogen) atoms. The van der Waals surface area contributed by atoms with Crippen LogP contribution in [0, 0.1) is 6.92 Å². The van der Waals surface area contributed by atoms with Crippen LogP contribution in [0.3, 0.4) is 0 Å². The minimum absolute atomic E-state index is 0.107. The summed E-state index contributed by atoms with van der Waals surface area (Å²) in [4.78, 5) is 16.5. The Bertz CT molecular complexity index is 1370. The third-order valence-corrected chi connectivity index (χ3v) is 7.30. The van der Waals surface area contributed by atoms with Crippen molar-refractivity contribution >= 4 is 17.3 Å². The molecule has 1 aromatic carbocycles. The first-order valence-corrected chi connectivity index (χ1v) is 12.5. The molecule has 0 N–H and O–H groups in total. The van der Waals surface area contributed by atoms with E-state index >= 15 is 0 Å². The van der Waals surface area contributed by atoms with E-state index in [1.165, 1.54) is 18.5 Å². The van der Waals surface area contributed by atoms with Crippen LogP contribution in [0.15, 0.2) is 42.9 Å². The molecule has 0 saturated carbocycles. The highest BCUT2D eigenvalue weighted by atomic mass is 35.5. The molecule has 1 fully saturated rings. The van der Waals surface area contributed by atoms with Gasteiger partial charge < -0.3 is 14.2 Å². The van der Waals surface area contributed by atoms with Crippen molar-refractivity contribution in [3.8, 4) is 23.1 Å². The second-order valence-corrected chi connectivity index (χ2v) is 9.67. The second kappa shape index (κ2) is 9.00. The predicted octanol–water partition coefficient (Wildman–Crippen LogP) is 5.02. The Balaban J connectivity index is 1.36. The minimum Gasteiger partial charge on any atom is -0.479 e. The quantitative estimate of drug-likeness (QED) is 0.392. The van der Waals surface area contributed by atoms with E-state index < -0.39 is 0 Å². The second-order valence-electron chi connectivity index (χ2n) is 9.26. The fourth-order valence-electron chi connectivity index (χ4n) is 5.18. The number of imidazole rings is 1. The molecule has 2 aliphatic rings. The van der Waals surface area contributed by atoms with E-state index in [1.807, 2.05) is 40.6 Å². The summed E-state index contributed by atoms with van der Waals surface area (Å²) in [6.07, 6.45) is 8.21. The molecule has 5 heterocycles. The molecular weight excluding hydrogens is 462 g/mol. The Morgan fingerprint density at radius 3 is 2.66 bits per heavy atom. The van der Waals surface area contributed by atoms with Crippen LogP contribution in [0.4, 0.5) is 5.69 Å². The molecule has 8 nitrogen and oxygen atoms in total. The van der Waals surface area contributed by atoms with Gasteiger partial charge in [0.25, 0.3) is 0 Å². The van der Waals surface area contributed by atoms with Crippen molar-refractivity contribution in [2.45, 2.75) is 45.1 Å². The zero-order chi connectivity index (χ0) is 23.9. The molecule has 6 rings (SSSR count). The Morgan fingerprint density at radius 2 is 1.89 bits per heavy atom. The lowest BCUT2D eigenvalue weighted by Gasteiger charge is -2.25. The number of fused-ring (bicyclic) bond motifs is 1. The number of pyridine rings is 1. The zero-order valence-electron chi connectivity index (χ0n) is 20.0. The summed E-state index contributed by atoms with van der Waals surface area (Å²) in [5.41, 5.74) is 4.81. The summed E-state index contributed by atoms with van der Waals surface area (Å²) in [6.45, 7) is 5.00. The molecule has 1 saturated heterocycles. The van der Waals surface area contributed by atoms with Crippen LogP contribution in [0.2, 0.25) is 5.02 Å². The highest BCUT2D eigenvalue weighted by molar-refractivity contribution is 6.31. The van der Waals surface area contributed by atoms with Gasteiger partial charge >= 0.3 is 0 Å². The van der Waals surface area contributed by atoms with Gasteiger partial charge in [-0.15, -0.1) is 5.10 Å². The first kappa shape index (κ1) is 22.1. The van der Waals surface area contributed by atoms with Crippen LogP contribution in [-0.2, 0) is 6.54 Å². The van der Waals surface area contributed by atoms with Crippen molar-refractivity contribution in [1.82, 2.24) is 29.3 Å². The number of nitrogens with zero attached hydrogens (tertiary/aromatic N) is 7.